The second kappa shape index (κ2) is 8.77. The number of rotatable bonds is 5. The fourth-order valence-corrected chi connectivity index (χ4v) is 4.80. The Hall–Kier alpha value is -3.37. The summed E-state index contributed by atoms with van der Waals surface area (Å²) in [5.41, 5.74) is -6.11. The molecule has 3 N–H and O–H groups in total. The third-order valence-corrected chi connectivity index (χ3v) is 6.61. The van der Waals surface area contributed by atoms with Crippen molar-refractivity contribution < 1.29 is 22.8 Å². The van der Waals surface area contributed by atoms with Gasteiger partial charge in [0, 0.05) is 6.42 Å². The van der Waals surface area contributed by atoms with E-state index in [1.807, 2.05) is 15.6 Å². The first-order valence-electron chi connectivity index (χ1n) is 11.2. The number of alkyl halides is 3. The predicted octanol–water partition coefficient (Wildman–Crippen LogP) is 3.02. The van der Waals surface area contributed by atoms with Crippen molar-refractivity contribution in [1.29, 1.82) is 0 Å². The van der Waals surface area contributed by atoms with Gasteiger partial charge in [-0.1, -0.05) is 49.8 Å². The Bertz CT molecular complexity index is 1230. The number of amides is 2. The smallest absolute Gasteiger partial charge is 0.330 e. The van der Waals surface area contributed by atoms with Gasteiger partial charge in [0.2, 0.25) is 11.4 Å². The third kappa shape index (κ3) is 4.03. The number of carbonyl (C=O) groups is 2. The van der Waals surface area contributed by atoms with E-state index in [-0.39, 0.29) is 18.0 Å². The van der Waals surface area contributed by atoms with Gasteiger partial charge in [-0.25, -0.2) is 9.36 Å². The molecule has 2 amide bonds. The molecular formula is C23H25F3N4O4. The van der Waals surface area contributed by atoms with Crippen LogP contribution in [0.3, 0.4) is 0 Å². The molecule has 2 aromatic rings. The normalized spacial score (nSPS) is 20.6. The number of aromatic nitrogens is 2. The Morgan fingerprint density at radius 3 is 2.38 bits per heavy atom. The van der Waals surface area contributed by atoms with Gasteiger partial charge in [-0.15, -0.1) is 0 Å². The molecule has 182 valence electrons. The number of aromatic amines is 1. The van der Waals surface area contributed by atoms with Gasteiger partial charge in [0.15, 0.2) is 0 Å². The summed E-state index contributed by atoms with van der Waals surface area (Å²) < 4.78 is 44.1. The fourth-order valence-electron chi connectivity index (χ4n) is 4.80. The second-order valence-electron chi connectivity index (χ2n) is 8.95. The second-order valence-corrected chi connectivity index (χ2v) is 8.95. The molecule has 11 heteroatoms. The first-order chi connectivity index (χ1) is 16.0. The maximum atomic E-state index is 14.5. The van der Waals surface area contributed by atoms with Crippen molar-refractivity contribution in [2.24, 2.45) is 5.92 Å². The third-order valence-electron chi connectivity index (χ3n) is 6.61. The summed E-state index contributed by atoms with van der Waals surface area (Å²) >= 11 is 0. The van der Waals surface area contributed by atoms with Gasteiger partial charge in [-0.05, 0) is 31.4 Å². The SMILES string of the molecule is Cc1ccc(-n2c3c(c(=O)[nH]c2=O)[C@@](NC(=O)CCC2CCCCC2)(C(F)(F)F)C(=O)N3)cc1. The first-order valence-corrected chi connectivity index (χ1v) is 11.2. The summed E-state index contributed by atoms with van der Waals surface area (Å²) in [5, 5.41) is 3.85. The van der Waals surface area contributed by atoms with Crippen molar-refractivity contribution >= 4 is 17.6 Å². The maximum Gasteiger partial charge on any atom is 0.425 e. The lowest BCUT2D eigenvalue weighted by Crippen LogP contribution is -2.62. The molecule has 0 unspecified atom stereocenters. The molecule has 1 fully saturated rings. The zero-order valence-corrected chi connectivity index (χ0v) is 18.6. The minimum absolute atomic E-state index is 0.144. The number of aryl methyl sites for hydroxylation is 1. The van der Waals surface area contributed by atoms with Crippen molar-refractivity contribution in [1.82, 2.24) is 14.9 Å². The van der Waals surface area contributed by atoms with Crippen molar-refractivity contribution in [2.45, 2.75) is 63.6 Å². The first kappa shape index (κ1) is 23.8. The number of nitrogens with one attached hydrogen (secondary N) is 3. The van der Waals surface area contributed by atoms with Gasteiger partial charge in [0.05, 0.1) is 5.69 Å². The Balaban J connectivity index is 1.77. The number of halogens is 3. The van der Waals surface area contributed by atoms with Gasteiger partial charge in [-0.2, -0.15) is 13.2 Å². The Morgan fingerprint density at radius 1 is 1.12 bits per heavy atom. The zero-order chi connectivity index (χ0) is 24.7. The van der Waals surface area contributed by atoms with E-state index in [1.54, 1.807) is 19.1 Å². The van der Waals surface area contributed by atoms with E-state index >= 15 is 0 Å². The van der Waals surface area contributed by atoms with Crippen LogP contribution in [0.4, 0.5) is 19.0 Å². The minimum atomic E-state index is -5.34. The average molecular weight is 478 g/mol. The molecule has 1 aromatic heterocycles. The summed E-state index contributed by atoms with van der Waals surface area (Å²) in [6.45, 7) is 1.78. The predicted molar refractivity (Wildman–Crippen MR) is 118 cm³/mol. The number of hydrogen-bond acceptors (Lipinski definition) is 4. The molecule has 1 aliphatic carbocycles. The molecule has 0 spiro atoms. The molecular weight excluding hydrogens is 453 g/mol. The lowest BCUT2D eigenvalue weighted by molar-refractivity contribution is -0.200. The van der Waals surface area contributed by atoms with E-state index < -0.39 is 46.2 Å². The highest BCUT2D eigenvalue weighted by Crippen LogP contribution is 2.45. The number of H-pyrrole nitrogens is 1. The molecule has 8 nitrogen and oxygen atoms in total. The highest BCUT2D eigenvalue weighted by molar-refractivity contribution is 6.07. The van der Waals surface area contributed by atoms with E-state index in [4.69, 9.17) is 0 Å². The molecule has 0 radical (unpaired) electrons. The molecule has 2 heterocycles. The van der Waals surface area contributed by atoms with Crippen LogP contribution in [0.1, 0.15) is 56.1 Å². The van der Waals surface area contributed by atoms with Crippen LogP contribution in [0.5, 0.6) is 0 Å². The van der Waals surface area contributed by atoms with Crippen molar-refractivity contribution in [2.75, 3.05) is 5.32 Å². The molecule has 0 saturated heterocycles. The van der Waals surface area contributed by atoms with Crippen LogP contribution in [0.2, 0.25) is 0 Å². The Labute approximate surface area is 192 Å². The van der Waals surface area contributed by atoms with Gasteiger partial charge in [0.1, 0.15) is 11.4 Å². The lowest BCUT2D eigenvalue weighted by Gasteiger charge is -2.30. The van der Waals surface area contributed by atoms with E-state index in [0.717, 1.165) is 42.2 Å². The number of hydrogen-bond donors (Lipinski definition) is 3. The summed E-state index contributed by atoms with van der Waals surface area (Å²) in [7, 11) is 0. The van der Waals surface area contributed by atoms with Crippen molar-refractivity contribution in [3.05, 3.63) is 56.2 Å². The zero-order valence-electron chi connectivity index (χ0n) is 18.6. The summed E-state index contributed by atoms with van der Waals surface area (Å²) in [6, 6.07) is 6.19. The number of benzene rings is 1. The Kier molecular flexibility index (Phi) is 6.13. The van der Waals surface area contributed by atoms with Crippen LogP contribution >= 0.6 is 0 Å². The standard InChI is InChI=1S/C23H25F3N4O4/c1-13-7-10-15(11-8-13)30-18-17(19(32)28-21(30)34)22(20(33)27-18,23(24,25)26)29-16(31)12-9-14-5-3-2-4-6-14/h7-8,10-11,14H,2-6,9,12H2,1H3,(H,27,33)(H,29,31)(H,28,32,34)/t22-/m0/s1. The summed E-state index contributed by atoms with van der Waals surface area (Å²) in [6.07, 6.45) is -0.213. The number of carbonyl (C=O) groups excluding carboxylic acids is 2. The van der Waals surface area contributed by atoms with Gasteiger partial charge in [-0.3, -0.25) is 19.4 Å². The average Bonchev–Trinajstić information content (AvgIpc) is 3.07. The van der Waals surface area contributed by atoms with Crippen LogP contribution in [-0.4, -0.2) is 27.5 Å². The van der Waals surface area contributed by atoms with Gasteiger partial charge in [0.25, 0.3) is 11.5 Å². The van der Waals surface area contributed by atoms with Crippen LogP contribution in [0.25, 0.3) is 5.69 Å². The molecule has 1 aromatic carbocycles. The highest BCUT2D eigenvalue weighted by Gasteiger charge is 2.68. The van der Waals surface area contributed by atoms with Crippen LogP contribution in [0.15, 0.2) is 33.9 Å². The van der Waals surface area contributed by atoms with E-state index in [9.17, 15) is 32.3 Å². The van der Waals surface area contributed by atoms with Crippen molar-refractivity contribution in [3.63, 3.8) is 0 Å². The quantitative estimate of drug-likeness (QED) is 0.613. The van der Waals surface area contributed by atoms with Crippen LogP contribution < -0.4 is 21.9 Å². The van der Waals surface area contributed by atoms with Gasteiger partial charge >= 0.3 is 11.9 Å². The number of fused-ring (bicyclic) bond motifs is 1. The van der Waals surface area contributed by atoms with Crippen molar-refractivity contribution in [3.8, 4) is 5.69 Å². The lowest BCUT2D eigenvalue weighted by atomic mass is 9.85. The molecule has 34 heavy (non-hydrogen) atoms. The fraction of sp³-hybridized carbons (Fsp3) is 0.478. The highest BCUT2D eigenvalue weighted by atomic mass is 19.4. The largest absolute Gasteiger partial charge is 0.425 e. The molecule has 4 rings (SSSR count). The van der Waals surface area contributed by atoms with Crippen LogP contribution in [-0.2, 0) is 15.1 Å². The van der Waals surface area contributed by atoms with E-state index in [0.29, 0.717) is 6.42 Å². The van der Waals surface area contributed by atoms with Gasteiger partial charge < -0.3 is 10.6 Å². The number of anilines is 1. The Morgan fingerprint density at radius 2 is 1.76 bits per heavy atom. The molecule has 1 saturated carbocycles. The minimum Gasteiger partial charge on any atom is -0.330 e. The topological polar surface area (TPSA) is 113 Å². The van der Waals surface area contributed by atoms with Crippen LogP contribution in [0, 0.1) is 12.8 Å². The van der Waals surface area contributed by atoms with E-state index in [2.05, 4.69) is 0 Å². The monoisotopic (exact) mass is 478 g/mol. The summed E-state index contributed by atoms with van der Waals surface area (Å²) in [4.78, 5) is 52.5. The molecule has 2 aliphatic rings. The summed E-state index contributed by atoms with van der Waals surface area (Å²) in [5.74, 6) is -3.01. The maximum absolute atomic E-state index is 14.5. The number of nitrogens with zero attached hydrogens (tertiary/aromatic N) is 1. The molecule has 1 atom stereocenters. The van der Waals surface area contributed by atoms with E-state index in [1.165, 1.54) is 12.1 Å². The molecule has 0 bridgehead atoms. The molecule has 1 aliphatic heterocycles.